The molecule has 2 aromatic rings. The number of likely N-dealkylation sites (N-methyl/N-ethyl adjacent to an activating group) is 1. The SMILES string of the molecule is COc1cnc2c(ccn2C2CCC2N(C)C)c1. The number of aromatic nitrogens is 2. The highest BCUT2D eigenvalue weighted by atomic mass is 16.5. The Morgan fingerprint density at radius 1 is 1.39 bits per heavy atom. The first-order chi connectivity index (χ1) is 8.70. The van der Waals surface area contributed by atoms with Crippen LogP contribution in [0.2, 0.25) is 0 Å². The fraction of sp³-hybridized carbons (Fsp3) is 0.500. The molecule has 1 fully saturated rings. The lowest BCUT2D eigenvalue weighted by Crippen LogP contribution is -2.44. The summed E-state index contributed by atoms with van der Waals surface area (Å²) < 4.78 is 7.52. The summed E-state index contributed by atoms with van der Waals surface area (Å²) in [4.78, 5) is 6.84. The van der Waals surface area contributed by atoms with E-state index < -0.39 is 0 Å². The second-order valence-electron chi connectivity index (χ2n) is 5.19. The van der Waals surface area contributed by atoms with Crippen molar-refractivity contribution in [1.82, 2.24) is 14.5 Å². The minimum atomic E-state index is 0.554. The van der Waals surface area contributed by atoms with Gasteiger partial charge in [-0.1, -0.05) is 0 Å². The van der Waals surface area contributed by atoms with E-state index in [9.17, 15) is 0 Å². The number of hydrogen-bond donors (Lipinski definition) is 0. The van der Waals surface area contributed by atoms with Crippen LogP contribution in [0.1, 0.15) is 18.9 Å². The molecule has 18 heavy (non-hydrogen) atoms. The summed E-state index contributed by atoms with van der Waals surface area (Å²) in [6, 6.07) is 5.35. The van der Waals surface area contributed by atoms with Crippen LogP contribution >= 0.6 is 0 Å². The lowest BCUT2D eigenvalue weighted by atomic mass is 9.85. The maximum Gasteiger partial charge on any atom is 0.140 e. The molecule has 0 bridgehead atoms. The smallest absolute Gasteiger partial charge is 0.140 e. The molecule has 4 heteroatoms. The van der Waals surface area contributed by atoms with Crippen molar-refractivity contribution in [2.75, 3.05) is 21.2 Å². The third-order valence-corrected chi connectivity index (χ3v) is 3.99. The van der Waals surface area contributed by atoms with Crippen molar-refractivity contribution in [3.8, 4) is 5.75 Å². The van der Waals surface area contributed by atoms with Gasteiger partial charge in [-0.25, -0.2) is 4.98 Å². The Bertz CT molecular complexity index is 561. The Labute approximate surface area is 107 Å². The molecule has 0 aromatic carbocycles. The van der Waals surface area contributed by atoms with Crippen molar-refractivity contribution < 1.29 is 4.74 Å². The summed E-state index contributed by atoms with van der Waals surface area (Å²) >= 11 is 0. The zero-order valence-electron chi connectivity index (χ0n) is 11.1. The van der Waals surface area contributed by atoms with Crippen LogP contribution in [0.5, 0.6) is 5.75 Å². The molecule has 2 atom stereocenters. The standard InChI is InChI=1S/C14H19N3O/c1-16(2)12-4-5-13(12)17-7-6-10-8-11(18-3)9-15-14(10)17/h6-9,12-13H,4-5H2,1-3H3. The minimum absolute atomic E-state index is 0.554. The molecular formula is C14H19N3O. The summed E-state index contributed by atoms with van der Waals surface area (Å²) in [7, 11) is 5.98. The Morgan fingerprint density at radius 3 is 2.83 bits per heavy atom. The van der Waals surface area contributed by atoms with Gasteiger partial charge in [0.1, 0.15) is 11.4 Å². The first-order valence-electron chi connectivity index (χ1n) is 6.37. The number of methoxy groups -OCH3 is 1. The van der Waals surface area contributed by atoms with E-state index in [-0.39, 0.29) is 0 Å². The topological polar surface area (TPSA) is 30.3 Å². The highest BCUT2D eigenvalue weighted by Crippen LogP contribution is 2.37. The van der Waals surface area contributed by atoms with Crippen molar-refractivity contribution in [3.05, 3.63) is 24.5 Å². The maximum atomic E-state index is 5.21. The van der Waals surface area contributed by atoms with Crippen LogP contribution in [-0.2, 0) is 0 Å². The second-order valence-corrected chi connectivity index (χ2v) is 5.19. The lowest BCUT2D eigenvalue weighted by molar-refractivity contribution is 0.116. The number of rotatable bonds is 3. The van der Waals surface area contributed by atoms with Gasteiger partial charge in [0.2, 0.25) is 0 Å². The predicted molar refractivity (Wildman–Crippen MR) is 72.0 cm³/mol. The van der Waals surface area contributed by atoms with Crippen LogP contribution in [-0.4, -0.2) is 41.7 Å². The van der Waals surface area contributed by atoms with Gasteiger partial charge >= 0.3 is 0 Å². The minimum Gasteiger partial charge on any atom is -0.495 e. The molecule has 4 nitrogen and oxygen atoms in total. The van der Waals surface area contributed by atoms with E-state index in [0.717, 1.165) is 16.8 Å². The Balaban J connectivity index is 1.98. The number of pyridine rings is 1. The van der Waals surface area contributed by atoms with Crippen molar-refractivity contribution in [3.63, 3.8) is 0 Å². The van der Waals surface area contributed by atoms with Crippen LogP contribution in [0.15, 0.2) is 24.5 Å². The first-order valence-corrected chi connectivity index (χ1v) is 6.37. The van der Waals surface area contributed by atoms with Crippen LogP contribution in [0, 0.1) is 0 Å². The number of hydrogen-bond acceptors (Lipinski definition) is 3. The average Bonchev–Trinajstić information content (AvgIpc) is 2.70. The van der Waals surface area contributed by atoms with Crippen molar-refractivity contribution in [2.24, 2.45) is 0 Å². The van der Waals surface area contributed by atoms with Gasteiger partial charge in [-0.3, -0.25) is 0 Å². The average molecular weight is 245 g/mol. The zero-order chi connectivity index (χ0) is 12.7. The highest BCUT2D eigenvalue weighted by molar-refractivity contribution is 5.77. The van der Waals surface area contributed by atoms with Gasteiger partial charge in [-0.05, 0) is 39.1 Å². The molecule has 1 saturated carbocycles. The van der Waals surface area contributed by atoms with E-state index in [1.807, 2.05) is 6.07 Å². The van der Waals surface area contributed by atoms with Crippen molar-refractivity contribution >= 4 is 11.0 Å². The van der Waals surface area contributed by atoms with E-state index >= 15 is 0 Å². The van der Waals surface area contributed by atoms with Crippen molar-refractivity contribution in [2.45, 2.75) is 24.9 Å². The number of nitrogens with zero attached hydrogens (tertiary/aromatic N) is 3. The Kier molecular flexibility index (Phi) is 2.74. The summed E-state index contributed by atoms with van der Waals surface area (Å²) in [5.74, 6) is 0.818. The van der Waals surface area contributed by atoms with Gasteiger partial charge in [0.05, 0.1) is 19.3 Å². The number of ether oxygens (including phenoxy) is 1. The first kappa shape index (κ1) is 11.5. The predicted octanol–water partition coefficient (Wildman–Crippen LogP) is 2.31. The molecule has 2 unspecified atom stereocenters. The van der Waals surface area contributed by atoms with Crippen LogP contribution < -0.4 is 4.74 Å². The molecule has 96 valence electrons. The normalized spacial score (nSPS) is 23.3. The quantitative estimate of drug-likeness (QED) is 0.831. The monoisotopic (exact) mass is 245 g/mol. The van der Waals surface area contributed by atoms with Gasteiger partial charge in [0, 0.05) is 17.6 Å². The summed E-state index contributed by atoms with van der Waals surface area (Å²) in [5.41, 5.74) is 1.06. The molecule has 3 rings (SSSR count). The number of fused-ring (bicyclic) bond motifs is 1. The molecule has 2 heterocycles. The molecule has 2 aromatic heterocycles. The molecule has 0 spiro atoms. The van der Waals surface area contributed by atoms with Crippen LogP contribution in [0.3, 0.4) is 0 Å². The van der Waals surface area contributed by atoms with Gasteiger partial charge in [0.25, 0.3) is 0 Å². The highest BCUT2D eigenvalue weighted by Gasteiger charge is 2.34. The van der Waals surface area contributed by atoms with E-state index in [1.54, 1.807) is 13.3 Å². The van der Waals surface area contributed by atoms with Crippen LogP contribution in [0.4, 0.5) is 0 Å². The van der Waals surface area contributed by atoms with E-state index in [4.69, 9.17) is 4.74 Å². The zero-order valence-corrected chi connectivity index (χ0v) is 11.1. The van der Waals surface area contributed by atoms with Gasteiger partial charge in [-0.2, -0.15) is 0 Å². The third kappa shape index (κ3) is 1.68. The molecule has 1 aliphatic carbocycles. The van der Waals surface area contributed by atoms with Crippen LogP contribution in [0.25, 0.3) is 11.0 Å². The Hall–Kier alpha value is -1.55. The van der Waals surface area contributed by atoms with E-state index in [0.29, 0.717) is 12.1 Å². The molecule has 0 radical (unpaired) electrons. The molecule has 0 saturated heterocycles. The maximum absolute atomic E-state index is 5.21. The van der Waals surface area contributed by atoms with Gasteiger partial charge < -0.3 is 14.2 Å². The fourth-order valence-electron chi connectivity index (χ4n) is 2.79. The summed E-state index contributed by atoms with van der Waals surface area (Å²) in [6.45, 7) is 0. The summed E-state index contributed by atoms with van der Waals surface area (Å²) in [6.07, 6.45) is 6.45. The molecule has 0 amide bonds. The fourth-order valence-corrected chi connectivity index (χ4v) is 2.79. The molecule has 0 N–H and O–H groups in total. The molecular weight excluding hydrogens is 226 g/mol. The van der Waals surface area contributed by atoms with E-state index in [2.05, 4.69) is 40.8 Å². The largest absolute Gasteiger partial charge is 0.495 e. The second kappa shape index (κ2) is 4.28. The van der Waals surface area contributed by atoms with E-state index in [1.165, 1.54) is 12.8 Å². The molecule has 0 aliphatic heterocycles. The third-order valence-electron chi connectivity index (χ3n) is 3.99. The van der Waals surface area contributed by atoms with Gasteiger partial charge in [-0.15, -0.1) is 0 Å². The van der Waals surface area contributed by atoms with Crippen molar-refractivity contribution in [1.29, 1.82) is 0 Å². The molecule has 1 aliphatic rings. The van der Waals surface area contributed by atoms with Gasteiger partial charge in [0.15, 0.2) is 0 Å². The lowest BCUT2D eigenvalue weighted by Gasteiger charge is -2.42. The summed E-state index contributed by atoms with van der Waals surface area (Å²) in [5, 5.41) is 1.15. The Morgan fingerprint density at radius 2 is 2.22 bits per heavy atom.